The molecule has 0 aliphatic heterocycles. The highest BCUT2D eigenvalue weighted by molar-refractivity contribution is 6.12. The summed E-state index contributed by atoms with van der Waals surface area (Å²) in [6, 6.07) is 93.2. The summed E-state index contributed by atoms with van der Waals surface area (Å²) < 4.78 is 4.78. The van der Waals surface area contributed by atoms with Gasteiger partial charge in [0, 0.05) is 32.9 Å². The Morgan fingerprint density at radius 3 is 1.02 bits per heavy atom. The van der Waals surface area contributed by atoms with Gasteiger partial charge in [-0.2, -0.15) is 0 Å². The summed E-state index contributed by atoms with van der Waals surface area (Å²) >= 11 is 0. The average Bonchev–Trinajstić information content (AvgIpc) is 3.91. The zero-order valence-electron chi connectivity index (χ0n) is 36.1. The normalized spacial score (nSPS) is 11.6. The standard InChI is InChI=1S/C64H42N2/c1-2-24-55(25-3-1)65-61-28-8-6-26-57(61)59-41-53(31-34-63(59)65)50-22-12-20-48(38-50)46-18-10-16-44(36-46)45-17-11-19-47(37-45)49-21-13-23-51(39-49)54-32-35-64-60(42-54)58-27-7-9-29-62(58)66(64)56-33-30-43-14-4-5-15-52(43)40-56/h1-42H. The average molecular weight is 839 g/mol. The summed E-state index contributed by atoms with van der Waals surface area (Å²) in [4.78, 5) is 0. The minimum absolute atomic E-state index is 1.17. The number of para-hydroxylation sites is 3. The molecule has 11 aromatic carbocycles. The fourth-order valence-electron chi connectivity index (χ4n) is 10.3. The Labute approximate surface area is 383 Å². The van der Waals surface area contributed by atoms with Gasteiger partial charge in [0.2, 0.25) is 0 Å². The van der Waals surface area contributed by atoms with E-state index in [1.165, 1.54) is 121 Å². The number of hydrogen-bond acceptors (Lipinski definition) is 0. The first-order chi connectivity index (χ1) is 32.7. The topological polar surface area (TPSA) is 9.86 Å². The largest absolute Gasteiger partial charge is 0.309 e. The SMILES string of the molecule is c1ccc(-n2c3ccccc3c3cc(-c4cccc(-c5cccc(-c6cccc(-c7cccc(-c8ccc9c(c8)c8ccccc8n9-c8ccc9ccccc9c8)c7)c6)c5)c4)ccc32)cc1. The second-order valence-corrected chi connectivity index (χ2v) is 17.4. The molecule has 0 amide bonds. The van der Waals surface area contributed by atoms with E-state index < -0.39 is 0 Å². The molecule has 0 radical (unpaired) electrons. The Balaban J connectivity index is 0.815. The number of aromatic nitrogens is 2. The van der Waals surface area contributed by atoms with Crippen LogP contribution in [-0.2, 0) is 0 Å². The molecular formula is C64H42N2. The molecule has 0 fully saturated rings. The minimum atomic E-state index is 1.17. The van der Waals surface area contributed by atoms with Crippen LogP contribution in [0, 0.1) is 0 Å². The van der Waals surface area contributed by atoms with E-state index >= 15 is 0 Å². The number of benzene rings is 11. The Morgan fingerprint density at radius 1 is 0.182 bits per heavy atom. The van der Waals surface area contributed by atoms with Crippen LogP contribution in [0.4, 0.5) is 0 Å². The van der Waals surface area contributed by atoms with Gasteiger partial charge in [0.15, 0.2) is 0 Å². The summed E-state index contributed by atoms with van der Waals surface area (Å²) in [5.41, 5.74) is 19.2. The van der Waals surface area contributed by atoms with Gasteiger partial charge in [-0.1, -0.05) is 170 Å². The monoisotopic (exact) mass is 838 g/mol. The predicted molar refractivity (Wildman–Crippen MR) is 280 cm³/mol. The van der Waals surface area contributed by atoms with Gasteiger partial charge < -0.3 is 9.13 Å². The Morgan fingerprint density at radius 2 is 0.545 bits per heavy atom. The first kappa shape index (κ1) is 37.8. The van der Waals surface area contributed by atoms with E-state index in [0.29, 0.717) is 0 Å². The maximum absolute atomic E-state index is 2.40. The van der Waals surface area contributed by atoms with Crippen molar-refractivity contribution >= 4 is 54.4 Å². The first-order valence-electron chi connectivity index (χ1n) is 22.7. The van der Waals surface area contributed by atoms with E-state index in [1.807, 2.05) is 0 Å². The third-order valence-electron chi connectivity index (χ3n) is 13.5. The number of rotatable bonds is 7. The lowest BCUT2D eigenvalue weighted by Crippen LogP contribution is -1.93. The van der Waals surface area contributed by atoms with E-state index in [1.54, 1.807) is 0 Å². The lowest BCUT2D eigenvalue weighted by Gasteiger charge is -2.11. The summed E-state index contributed by atoms with van der Waals surface area (Å²) in [7, 11) is 0. The molecule has 2 heterocycles. The molecule has 0 aliphatic carbocycles. The zero-order chi connectivity index (χ0) is 43.6. The molecule has 66 heavy (non-hydrogen) atoms. The van der Waals surface area contributed by atoms with Gasteiger partial charge in [0.1, 0.15) is 0 Å². The highest BCUT2D eigenvalue weighted by Crippen LogP contribution is 2.39. The summed E-state index contributed by atoms with van der Waals surface area (Å²) in [6.07, 6.45) is 0. The fraction of sp³-hybridized carbons (Fsp3) is 0. The quantitative estimate of drug-likeness (QED) is 0.151. The molecule has 0 aliphatic rings. The van der Waals surface area contributed by atoms with Crippen LogP contribution < -0.4 is 0 Å². The number of hydrogen-bond donors (Lipinski definition) is 0. The number of nitrogens with zero attached hydrogens (tertiary/aromatic N) is 2. The van der Waals surface area contributed by atoms with Crippen LogP contribution >= 0.6 is 0 Å². The molecule has 13 rings (SSSR count). The van der Waals surface area contributed by atoms with Gasteiger partial charge in [-0.15, -0.1) is 0 Å². The van der Waals surface area contributed by atoms with Crippen molar-refractivity contribution in [1.82, 2.24) is 9.13 Å². The number of fused-ring (bicyclic) bond motifs is 7. The van der Waals surface area contributed by atoms with Crippen LogP contribution in [0.5, 0.6) is 0 Å². The third kappa shape index (κ3) is 6.42. The second kappa shape index (κ2) is 15.5. The van der Waals surface area contributed by atoms with Crippen molar-refractivity contribution in [2.75, 3.05) is 0 Å². The van der Waals surface area contributed by atoms with Crippen molar-refractivity contribution in [2.24, 2.45) is 0 Å². The fourth-order valence-corrected chi connectivity index (χ4v) is 10.3. The Hall–Kier alpha value is -8.72. The summed E-state index contributed by atoms with van der Waals surface area (Å²) in [5.74, 6) is 0. The van der Waals surface area contributed by atoms with Gasteiger partial charge in [0.05, 0.1) is 22.1 Å². The van der Waals surface area contributed by atoms with Crippen molar-refractivity contribution in [3.8, 4) is 67.0 Å². The van der Waals surface area contributed by atoms with Crippen LogP contribution in [0.3, 0.4) is 0 Å². The van der Waals surface area contributed by atoms with Gasteiger partial charge in [-0.3, -0.25) is 0 Å². The lowest BCUT2D eigenvalue weighted by molar-refractivity contribution is 1.18. The molecule has 0 unspecified atom stereocenters. The molecule has 2 heteroatoms. The van der Waals surface area contributed by atoms with E-state index in [2.05, 4.69) is 264 Å². The molecule has 13 aromatic rings. The van der Waals surface area contributed by atoms with Crippen LogP contribution in [-0.4, -0.2) is 9.13 Å². The van der Waals surface area contributed by atoms with Crippen molar-refractivity contribution in [2.45, 2.75) is 0 Å². The summed E-state index contributed by atoms with van der Waals surface area (Å²) in [6.45, 7) is 0. The van der Waals surface area contributed by atoms with Crippen LogP contribution in [0.15, 0.2) is 255 Å². The molecule has 2 aromatic heterocycles. The van der Waals surface area contributed by atoms with Crippen LogP contribution in [0.25, 0.3) is 121 Å². The molecule has 2 nitrogen and oxygen atoms in total. The van der Waals surface area contributed by atoms with Crippen molar-refractivity contribution in [1.29, 1.82) is 0 Å². The maximum atomic E-state index is 2.40. The van der Waals surface area contributed by atoms with E-state index in [-0.39, 0.29) is 0 Å². The van der Waals surface area contributed by atoms with E-state index in [9.17, 15) is 0 Å². The maximum Gasteiger partial charge on any atom is 0.0541 e. The molecular weight excluding hydrogens is 797 g/mol. The van der Waals surface area contributed by atoms with Gasteiger partial charge in [-0.05, 0) is 151 Å². The third-order valence-corrected chi connectivity index (χ3v) is 13.5. The molecule has 0 spiro atoms. The first-order valence-corrected chi connectivity index (χ1v) is 22.7. The van der Waals surface area contributed by atoms with Crippen LogP contribution in [0.1, 0.15) is 0 Å². The zero-order valence-corrected chi connectivity index (χ0v) is 36.1. The molecule has 0 atom stereocenters. The molecule has 0 bridgehead atoms. The second-order valence-electron chi connectivity index (χ2n) is 17.4. The van der Waals surface area contributed by atoms with Gasteiger partial charge in [0.25, 0.3) is 0 Å². The van der Waals surface area contributed by atoms with E-state index in [0.717, 1.165) is 0 Å². The van der Waals surface area contributed by atoms with Crippen molar-refractivity contribution in [3.05, 3.63) is 255 Å². The van der Waals surface area contributed by atoms with Gasteiger partial charge >= 0.3 is 0 Å². The molecule has 0 N–H and O–H groups in total. The highest BCUT2D eigenvalue weighted by atomic mass is 15.0. The smallest absolute Gasteiger partial charge is 0.0541 e. The molecule has 0 saturated carbocycles. The summed E-state index contributed by atoms with van der Waals surface area (Å²) in [5, 5.41) is 7.51. The Bertz CT molecular complexity index is 4000. The van der Waals surface area contributed by atoms with Crippen LogP contribution in [0.2, 0.25) is 0 Å². The highest BCUT2D eigenvalue weighted by Gasteiger charge is 2.16. The van der Waals surface area contributed by atoms with Crippen molar-refractivity contribution < 1.29 is 0 Å². The lowest BCUT2D eigenvalue weighted by atomic mass is 9.93. The predicted octanol–water partition coefficient (Wildman–Crippen LogP) is 17.4. The minimum Gasteiger partial charge on any atom is -0.309 e. The molecule has 308 valence electrons. The molecule has 0 saturated heterocycles. The van der Waals surface area contributed by atoms with E-state index in [4.69, 9.17) is 0 Å². The van der Waals surface area contributed by atoms with Crippen molar-refractivity contribution in [3.63, 3.8) is 0 Å². The Kier molecular flexibility index (Phi) is 8.89. The van der Waals surface area contributed by atoms with Gasteiger partial charge in [-0.25, -0.2) is 0 Å².